The number of benzene rings is 1. The number of carbonyl (C=O) groups excluding carboxylic acids is 2. The van der Waals surface area contributed by atoms with E-state index in [1.54, 1.807) is 4.90 Å². The summed E-state index contributed by atoms with van der Waals surface area (Å²) in [6.07, 6.45) is 1.15. The first kappa shape index (κ1) is 25.5. The van der Waals surface area contributed by atoms with Crippen molar-refractivity contribution >= 4 is 21.8 Å². The molecule has 2 saturated heterocycles. The largest absolute Gasteiger partial charge is 0.493 e. The van der Waals surface area contributed by atoms with Crippen molar-refractivity contribution in [2.24, 2.45) is 5.92 Å². The number of likely N-dealkylation sites (tertiary alicyclic amines) is 1. The van der Waals surface area contributed by atoms with Crippen molar-refractivity contribution in [1.82, 2.24) is 14.5 Å². The van der Waals surface area contributed by atoms with Gasteiger partial charge in [0.25, 0.3) is 0 Å². The summed E-state index contributed by atoms with van der Waals surface area (Å²) in [6.45, 7) is 5.82. The predicted molar refractivity (Wildman–Crippen MR) is 124 cm³/mol. The minimum Gasteiger partial charge on any atom is -0.493 e. The van der Waals surface area contributed by atoms with Gasteiger partial charge in [0.1, 0.15) is 5.75 Å². The maximum Gasteiger partial charge on any atom is 0.225 e. The molecule has 33 heavy (non-hydrogen) atoms. The monoisotopic (exact) mass is 481 g/mol. The summed E-state index contributed by atoms with van der Waals surface area (Å²) < 4.78 is 37.8. The number of hydrogen-bond acceptors (Lipinski definition) is 6. The lowest BCUT2D eigenvalue weighted by Crippen LogP contribution is -2.50. The molecule has 0 aromatic heterocycles. The normalized spacial score (nSPS) is 22.7. The molecule has 3 rings (SSSR count). The van der Waals surface area contributed by atoms with Crippen LogP contribution in [0.2, 0.25) is 0 Å². The summed E-state index contributed by atoms with van der Waals surface area (Å²) >= 11 is 0. The van der Waals surface area contributed by atoms with E-state index < -0.39 is 10.0 Å². The summed E-state index contributed by atoms with van der Waals surface area (Å²) in [6, 6.07) is 9.36. The number of rotatable bonds is 9. The zero-order valence-electron chi connectivity index (χ0n) is 19.4. The third-order valence-corrected chi connectivity index (χ3v) is 7.79. The van der Waals surface area contributed by atoms with Gasteiger partial charge in [-0.3, -0.25) is 9.59 Å². The van der Waals surface area contributed by atoms with Crippen molar-refractivity contribution in [3.05, 3.63) is 30.3 Å². The van der Waals surface area contributed by atoms with Crippen LogP contribution in [0.25, 0.3) is 0 Å². The second-order valence-corrected chi connectivity index (χ2v) is 10.8. The summed E-state index contributed by atoms with van der Waals surface area (Å²) in [7, 11) is -3.45. The predicted octanol–water partition coefficient (Wildman–Crippen LogP) is 1.25. The number of piperidine rings is 1. The van der Waals surface area contributed by atoms with E-state index in [1.807, 2.05) is 44.2 Å². The van der Waals surface area contributed by atoms with E-state index in [4.69, 9.17) is 9.47 Å². The molecule has 1 aromatic carbocycles. The van der Waals surface area contributed by atoms with Crippen LogP contribution >= 0.6 is 0 Å². The molecule has 2 aliphatic heterocycles. The number of para-hydroxylation sites is 1. The topological polar surface area (TPSA) is 105 Å². The van der Waals surface area contributed by atoms with E-state index in [0.717, 1.165) is 5.75 Å². The Kier molecular flexibility index (Phi) is 9.10. The molecule has 10 heteroatoms. The quantitative estimate of drug-likeness (QED) is 0.569. The van der Waals surface area contributed by atoms with Crippen molar-refractivity contribution in [2.45, 2.75) is 45.3 Å². The molecular weight excluding hydrogens is 446 g/mol. The molecule has 184 valence electrons. The van der Waals surface area contributed by atoms with Crippen molar-refractivity contribution in [2.75, 3.05) is 45.1 Å². The highest BCUT2D eigenvalue weighted by Crippen LogP contribution is 2.19. The van der Waals surface area contributed by atoms with E-state index in [2.05, 4.69) is 5.32 Å². The molecule has 2 heterocycles. The van der Waals surface area contributed by atoms with E-state index >= 15 is 0 Å². The fourth-order valence-corrected chi connectivity index (χ4v) is 5.75. The Hall–Kier alpha value is -2.17. The van der Waals surface area contributed by atoms with Gasteiger partial charge in [-0.05, 0) is 38.8 Å². The first-order chi connectivity index (χ1) is 15.7. The van der Waals surface area contributed by atoms with E-state index in [1.165, 1.54) is 4.31 Å². The number of sulfonamides is 1. The van der Waals surface area contributed by atoms with Gasteiger partial charge in [0, 0.05) is 38.6 Å². The van der Waals surface area contributed by atoms with Gasteiger partial charge in [-0.15, -0.1) is 0 Å². The number of morpholine rings is 1. The standard InChI is InChI=1S/C23H35N3O6S/c1-18-16-26(17-19(2)32-18)33(29,30)15-11-24-23(28)20-8-12-25(13-9-20)22(27)10-14-31-21-6-4-3-5-7-21/h3-7,18-20H,8-17H2,1-2H3,(H,24,28). The van der Waals surface area contributed by atoms with Crippen molar-refractivity contribution in [1.29, 1.82) is 0 Å². The number of amides is 2. The molecule has 2 atom stereocenters. The molecule has 2 fully saturated rings. The maximum absolute atomic E-state index is 12.6. The van der Waals surface area contributed by atoms with Crippen LogP contribution in [-0.4, -0.2) is 86.7 Å². The highest BCUT2D eigenvalue weighted by Gasteiger charge is 2.31. The second kappa shape index (κ2) is 11.8. The molecule has 0 aliphatic carbocycles. The zero-order chi connectivity index (χ0) is 23.8. The number of nitrogens with zero attached hydrogens (tertiary/aromatic N) is 2. The average Bonchev–Trinajstić information content (AvgIpc) is 2.79. The van der Waals surface area contributed by atoms with Crippen LogP contribution in [0.15, 0.2) is 30.3 Å². The molecule has 2 aliphatic rings. The van der Waals surface area contributed by atoms with Gasteiger partial charge in [0.05, 0.1) is 31.0 Å². The molecule has 0 spiro atoms. The molecule has 2 amide bonds. The maximum atomic E-state index is 12.6. The fraction of sp³-hybridized carbons (Fsp3) is 0.652. The molecule has 1 N–H and O–H groups in total. The zero-order valence-corrected chi connectivity index (χ0v) is 20.3. The van der Waals surface area contributed by atoms with Gasteiger partial charge in [0.2, 0.25) is 21.8 Å². The number of nitrogens with one attached hydrogen (secondary N) is 1. The van der Waals surface area contributed by atoms with Gasteiger partial charge in [-0.25, -0.2) is 8.42 Å². The summed E-state index contributed by atoms with van der Waals surface area (Å²) in [4.78, 5) is 26.7. The van der Waals surface area contributed by atoms with Crippen molar-refractivity contribution in [3.63, 3.8) is 0 Å². The lowest BCUT2D eigenvalue weighted by Gasteiger charge is -2.34. The Labute approximate surface area is 196 Å². The number of ether oxygens (including phenoxy) is 2. The second-order valence-electron chi connectivity index (χ2n) is 8.75. The summed E-state index contributed by atoms with van der Waals surface area (Å²) in [5.74, 6) is 0.274. The Morgan fingerprint density at radius 3 is 2.36 bits per heavy atom. The van der Waals surface area contributed by atoms with Gasteiger partial charge >= 0.3 is 0 Å². The van der Waals surface area contributed by atoms with Crippen molar-refractivity contribution in [3.8, 4) is 5.75 Å². The highest BCUT2D eigenvalue weighted by molar-refractivity contribution is 7.89. The highest BCUT2D eigenvalue weighted by atomic mass is 32.2. The van der Waals surface area contributed by atoms with E-state index in [-0.39, 0.29) is 42.2 Å². The Bertz CT molecular complexity index is 877. The fourth-order valence-electron chi connectivity index (χ4n) is 4.26. The van der Waals surface area contributed by atoms with Crippen LogP contribution in [-0.2, 0) is 24.3 Å². The molecule has 1 aromatic rings. The average molecular weight is 482 g/mol. The van der Waals surface area contributed by atoms with Gasteiger partial charge in [-0.1, -0.05) is 18.2 Å². The van der Waals surface area contributed by atoms with Crippen LogP contribution in [0.3, 0.4) is 0 Å². The number of hydrogen-bond donors (Lipinski definition) is 1. The Morgan fingerprint density at radius 1 is 1.09 bits per heavy atom. The molecule has 0 radical (unpaired) electrons. The molecule has 0 bridgehead atoms. The van der Waals surface area contributed by atoms with E-state index in [9.17, 15) is 18.0 Å². The first-order valence-corrected chi connectivity index (χ1v) is 13.2. The minimum absolute atomic E-state index is 0.0184. The van der Waals surface area contributed by atoms with Crippen LogP contribution in [0.1, 0.15) is 33.1 Å². The van der Waals surface area contributed by atoms with Crippen LogP contribution in [0, 0.1) is 5.92 Å². The minimum atomic E-state index is -3.45. The number of carbonyl (C=O) groups is 2. The van der Waals surface area contributed by atoms with Crippen LogP contribution < -0.4 is 10.1 Å². The van der Waals surface area contributed by atoms with Crippen LogP contribution in [0.4, 0.5) is 0 Å². The molecule has 9 nitrogen and oxygen atoms in total. The molecule has 2 unspecified atom stereocenters. The van der Waals surface area contributed by atoms with E-state index in [0.29, 0.717) is 52.0 Å². The van der Waals surface area contributed by atoms with Crippen LogP contribution in [0.5, 0.6) is 5.75 Å². The summed E-state index contributed by atoms with van der Waals surface area (Å²) in [5.41, 5.74) is 0. The molecule has 0 saturated carbocycles. The van der Waals surface area contributed by atoms with Gasteiger partial charge in [0.15, 0.2) is 0 Å². The Morgan fingerprint density at radius 2 is 1.73 bits per heavy atom. The smallest absolute Gasteiger partial charge is 0.225 e. The lowest BCUT2D eigenvalue weighted by atomic mass is 9.95. The lowest BCUT2D eigenvalue weighted by molar-refractivity contribution is -0.136. The van der Waals surface area contributed by atoms with Gasteiger partial charge in [-0.2, -0.15) is 4.31 Å². The SMILES string of the molecule is CC1CN(S(=O)(=O)CCNC(=O)C2CCN(C(=O)CCOc3ccccc3)CC2)CC(C)O1. The first-order valence-electron chi connectivity index (χ1n) is 11.6. The van der Waals surface area contributed by atoms with Gasteiger partial charge < -0.3 is 19.7 Å². The van der Waals surface area contributed by atoms with Crippen molar-refractivity contribution < 1.29 is 27.5 Å². The Balaban J connectivity index is 1.34. The molecular formula is C23H35N3O6S. The summed E-state index contributed by atoms with van der Waals surface area (Å²) in [5, 5.41) is 2.77. The third-order valence-electron chi connectivity index (χ3n) is 5.99. The third kappa shape index (κ3) is 7.68.